The maximum Gasteiger partial charge on any atom is 0.243 e. The van der Waals surface area contributed by atoms with Crippen molar-refractivity contribution in [1.82, 2.24) is 4.31 Å². The average molecular weight is 466 g/mol. The second-order valence-electron chi connectivity index (χ2n) is 8.41. The van der Waals surface area contributed by atoms with Gasteiger partial charge in [0.25, 0.3) is 0 Å². The number of rotatable bonds is 6. The van der Waals surface area contributed by atoms with Gasteiger partial charge in [-0.2, -0.15) is 4.31 Å². The number of sulfonamides is 1. The standard InChI is InChI=1S/C22H25ClFN3O3S/c23-15-1-4-17(5-2-15)31(28,29)27-13-19-18(20(19)14-27)12-25-16-3-6-22(21(24)11-16)26-7-9-30-10-8-26/h1-6,11,18-20,25H,7-10,12-14H2. The minimum atomic E-state index is -3.48. The van der Waals surface area contributed by atoms with E-state index in [2.05, 4.69) is 5.32 Å². The number of nitrogens with one attached hydrogen (secondary N) is 1. The fourth-order valence-electron chi connectivity index (χ4n) is 4.78. The summed E-state index contributed by atoms with van der Waals surface area (Å²) in [5.74, 6) is 0.890. The van der Waals surface area contributed by atoms with Crippen molar-refractivity contribution in [3.8, 4) is 0 Å². The Labute approximate surface area is 187 Å². The van der Waals surface area contributed by atoms with Gasteiger partial charge in [-0.3, -0.25) is 0 Å². The Balaban J connectivity index is 1.15. The molecule has 3 fully saturated rings. The zero-order valence-electron chi connectivity index (χ0n) is 17.0. The van der Waals surface area contributed by atoms with Gasteiger partial charge >= 0.3 is 0 Å². The molecular weight excluding hydrogens is 441 g/mol. The van der Waals surface area contributed by atoms with Gasteiger partial charge in [-0.05, 0) is 60.2 Å². The molecule has 3 aliphatic rings. The summed E-state index contributed by atoms with van der Waals surface area (Å²) < 4.78 is 47.1. The monoisotopic (exact) mass is 465 g/mol. The molecule has 1 aliphatic carbocycles. The predicted molar refractivity (Wildman–Crippen MR) is 119 cm³/mol. The predicted octanol–water partition coefficient (Wildman–Crippen LogP) is 3.29. The molecule has 2 aromatic rings. The highest BCUT2D eigenvalue weighted by Crippen LogP contribution is 2.52. The van der Waals surface area contributed by atoms with Gasteiger partial charge in [0.2, 0.25) is 10.0 Å². The molecule has 2 aromatic carbocycles. The highest BCUT2D eigenvalue weighted by molar-refractivity contribution is 7.89. The molecule has 2 saturated heterocycles. The number of halogens is 2. The van der Waals surface area contributed by atoms with E-state index < -0.39 is 10.0 Å². The van der Waals surface area contributed by atoms with Gasteiger partial charge < -0.3 is 15.0 Å². The molecule has 0 radical (unpaired) electrons. The van der Waals surface area contributed by atoms with E-state index in [1.54, 1.807) is 34.6 Å². The van der Waals surface area contributed by atoms with Crippen LogP contribution in [0.3, 0.4) is 0 Å². The van der Waals surface area contributed by atoms with E-state index in [0.29, 0.717) is 67.9 Å². The fourth-order valence-corrected chi connectivity index (χ4v) is 6.42. The summed E-state index contributed by atoms with van der Waals surface area (Å²) in [7, 11) is -3.48. The lowest BCUT2D eigenvalue weighted by molar-refractivity contribution is 0.122. The first kappa shape index (κ1) is 21.0. The Bertz CT molecular complexity index is 1050. The molecule has 0 aromatic heterocycles. The summed E-state index contributed by atoms with van der Waals surface area (Å²) in [6.07, 6.45) is 0. The second kappa shape index (κ2) is 8.24. The highest BCUT2D eigenvalue weighted by Gasteiger charge is 2.57. The van der Waals surface area contributed by atoms with Crippen LogP contribution in [0.15, 0.2) is 47.4 Å². The van der Waals surface area contributed by atoms with Crippen LogP contribution in [0, 0.1) is 23.6 Å². The Kier molecular flexibility index (Phi) is 5.58. The van der Waals surface area contributed by atoms with Crippen LogP contribution < -0.4 is 10.2 Å². The first-order valence-electron chi connectivity index (χ1n) is 10.6. The molecule has 1 N–H and O–H groups in total. The SMILES string of the molecule is O=S(=O)(c1ccc(Cl)cc1)N1CC2C(CNc3ccc(N4CCOCC4)c(F)c3)C2C1. The lowest BCUT2D eigenvalue weighted by Gasteiger charge is -2.29. The molecule has 2 heterocycles. The first-order chi connectivity index (χ1) is 14.9. The third-order valence-electron chi connectivity index (χ3n) is 6.63. The van der Waals surface area contributed by atoms with Gasteiger partial charge in [0.1, 0.15) is 5.82 Å². The topological polar surface area (TPSA) is 61.9 Å². The van der Waals surface area contributed by atoms with Crippen LogP contribution >= 0.6 is 11.6 Å². The molecule has 2 unspecified atom stereocenters. The van der Waals surface area contributed by atoms with Gasteiger partial charge in [0.05, 0.1) is 23.8 Å². The molecule has 1 saturated carbocycles. The maximum absolute atomic E-state index is 14.6. The zero-order valence-corrected chi connectivity index (χ0v) is 18.6. The number of hydrogen-bond donors (Lipinski definition) is 1. The minimum absolute atomic E-state index is 0.233. The Morgan fingerprint density at radius 3 is 2.39 bits per heavy atom. The lowest BCUT2D eigenvalue weighted by atomic mass is 10.2. The van der Waals surface area contributed by atoms with E-state index in [1.165, 1.54) is 0 Å². The van der Waals surface area contributed by atoms with Crippen molar-refractivity contribution in [1.29, 1.82) is 0 Å². The van der Waals surface area contributed by atoms with Crippen LogP contribution in [0.4, 0.5) is 15.8 Å². The summed E-state index contributed by atoms with van der Waals surface area (Å²) in [5, 5.41) is 3.85. The molecule has 9 heteroatoms. The van der Waals surface area contributed by atoms with Crippen molar-refractivity contribution >= 4 is 33.0 Å². The van der Waals surface area contributed by atoms with E-state index in [9.17, 15) is 12.8 Å². The van der Waals surface area contributed by atoms with E-state index in [-0.39, 0.29) is 10.7 Å². The summed E-state index contributed by atoms with van der Waals surface area (Å²) in [6.45, 7) is 4.43. The van der Waals surface area contributed by atoms with Crippen LogP contribution in [0.2, 0.25) is 5.02 Å². The number of ether oxygens (including phenoxy) is 1. The fraction of sp³-hybridized carbons (Fsp3) is 0.455. The molecule has 0 bridgehead atoms. The average Bonchev–Trinajstić information content (AvgIpc) is 3.21. The Hall–Kier alpha value is -1.87. The lowest BCUT2D eigenvalue weighted by Crippen LogP contribution is -2.36. The van der Waals surface area contributed by atoms with Crippen molar-refractivity contribution in [3.05, 3.63) is 53.3 Å². The number of piperidine rings is 1. The van der Waals surface area contributed by atoms with Crippen LogP contribution in [0.25, 0.3) is 0 Å². The van der Waals surface area contributed by atoms with Crippen LogP contribution in [-0.4, -0.2) is 58.7 Å². The van der Waals surface area contributed by atoms with Gasteiger partial charge in [-0.15, -0.1) is 0 Å². The summed E-state index contributed by atoms with van der Waals surface area (Å²) in [4.78, 5) is 2.28. The third kappa shape index (κ3) is 4.14. The maximum atomic E-state index is 14.6. The quantitative estimate of drug-likeness (QED) is 0.709. The number of anilines is 2. The minimum Gasteiger partial charge on any atom is -0.385 e. The van der Waals surface area contributed by atoms with E-state index in [4.69, 9.17) is 16.3 Å². The molecule has 31 heavy (non-hydrogen) atoms. The molecule has 2 aliphatic heterocycles. The van der Waals surface area contributed by atoms with Crippen molar-refractivity contribution in [2.45, 2.75) is 4.90 Å². The summed E-state index contributed by atoms with van der Waals surface area (Å²) in [6, 6.07) is 11.6. The molecule has 166 valence electrons. The van der Waals surface area contributed by atoms with Crippen molar-refractivity contribution in [2.24, 2.45) is 17.8 Å². The first-order valence-corrected chi connectivity index (χ1v) is 12.4. The number of benzene rings is 2. The second-order valence-corrected chi connectivity index (χ2v) is 10.8. The van der Waals surface area contributed by atoms with Gasteiger partial charge in [-0.25, -0.2) is 12.8 Å². The van der Waals surface area contributed by atoms with Gasteiger partial charge in [0.15, 0.2) is 0 Å². The number of nitrogens with zero attached hydrogens (tertiary/aromatic N) is 2. The molecule has 0 amide bonds. The summed E-state index contributed by atoms with van der Waals surface area (Å²) >= 11 is 5.87. The molecular formula is C22H25ClFN3O3S. The number of fused-ring (bicyclic) bond motifs is 1. The smallest absolute Gasteiger partial charge is 0.243 e. The van der Waals surface area contributed by atoms with E-state index in [1.807, 2.05) is 17.0 Å². The van der Waals surface area contributed by atoms with Crippen molar-refractivity contribution in [2.75, 3.05) is 56.2 Å². The molecule has 5 rings (SSSR count). The Morgan fingerprint density at radius 2 is 1.74 bits per heavy atom. The molecule has 6 nitrogen and oxygen atoms in total. The van der Waals surface area contributed by atoms with Crippen molar-refractivity contribution < 1.29 is 17.5 Å². The zero-order chi connectivity index (χ0) is 21.6. The molecule has 2 atom stereocenters. The van der Waals surface area contributed by atoms with E-state index in [0.717, 1.165) is 12.2 Å². The van der Waals surface area contributed by atoms with E-state index >= 15 is 0 Å². The van der Waals surface area contributed by atoms with Crippen LogP contribution in [0.5, 0.6) is 0 Å². The highest BCUT2D eigenvalue weighted by atomic mass is 35.5. The largest absolute Gasteiger partial charge is 0.385 e. The third-order valence-corrected chi connectivity index (χ3v) is 8.73. The Morgan fingerprint density at radius 1 is 1.06 bits per heavy atom. The van der Waals surface area contributed by atoms with Crippen LogP contribution in [-0.2, 0) is 14.8 Å². The van der Waals surface area contributed by atoms with Crippen LogP contribution in [0.1, 0.15) is 0 Å². The van der Waals surface area contributed by atoms with Gasteiger partial charge in [0, 0.05) is 43.4 Å². The number of morpholine rings is 1. The molecule has 0 spiro atoms. The van der Waals surface area contributed by atoms with Gasteiger partial charge in [-0.1, -0.05) is 11.6 Å². The normalized spacial score (nSPS) is 26.0. The van der Waals surface area contributed by atoms with Crippen molar-refractivity contribution in [3.63, 3.8) is 0 Å². The summed E-state index contributed by atoms with van der Waals surface area (Å²) in [5.41, 5.74) is 1.37. The number of hydrogen-bond acceptors (Lipinski definition) is 5.